The first kappa shape index (κ1) is 14.6. The molecule has 1 saturated heterocycles. The van der Waals surface area contributed by atoms with E-state index in [1.165, 1.54) is 76.8 Å². The molecule has 1 saturated carbocycles. The van der Waals surface area contributed by atoms with Crippen molar-refractivity contribution in [1.29, 1.82) is 0 Å². The van der Waals surface area contributed by atoms with Gasteiger partial charge in [0.2, 0.25) is 0 Å². The van der Waals surface area contributed by atoms with Gasteiger partial charge in [-0.2, -0.15) is 0 Å². The van der Waals surface area contributed by atoms with Gasteiger partial charge in [-0.05, 0) is 50.4 Å². The Balaban J connectivity index is 1.55. The summed E-state index contributed by atoms with van der Waals surface area (Å²) in [7, 11) is 0. The Morgan fingerprint density at radius 1 is 1.00 bits per heavy atom. The highest BCUT2D eigenvalue weighted by Crippen LogP contribution is 2.51. The Bertz CT molecular complexity index is 520. The molecule has 2 atom stereocenters. The van der Waals surface area contributed by atoms with Crippen molar-refractivity contribution in [3.05, 3.63) is 29.8 Å². The summed E-state index contributed by atoms with van der Waals surface area (Å²) in [5, 5.41) is 0. The van der Waals surface area contributed by atoms with Crippen LogP contribution in [-0.4, -0.2) is 37.1 Å². The third-order valence-electron chi connectivity index (χ3n) is 6.47. The van der Waals surface area contributed by atoms with Gasteiger partial charge in [0, 0.05) is 30.2 Å². The molecular formula is C20H30N2. The van der Waals surface area contributed by atoms with Crippen LogP contribution in [0.1, 0.15) is 57.4 Å². The van der Waals surface area contributed by atoms with Gasteiger partial charge < -0.3 is 9.80 Å². The van der Waals surface area contributed by atoms with Gasteiger partial charge in [0.1, 0.15) is 0 Å². The lowest BCUT2D eigenvalue weighted by Crippen LogP contribution is -2.48. The van der Waals surface area contributed by atoms with Crippen molar-refractivity contribution in [1.82, 2.24) is 4.90 Å². The van der Waals surface area contributed by atoms with E-state index in [1.807, 2.05) is 0 Å². The standard InChI is InChI=1S/C20H30N2/c1-20-12-6-5-11-19(20)22(18-10-4-3-9-17(18)20)16-15-21-13-7-2-8-14-21/h3-4,9-10,19H,2,5-8,11-16H2,1H3/t19-,20-/m0/s1. The molecular weight excluding hydrogens is 268 g/mol. The normalized spacial score (nSPS) is 31.9. The number of rotatable bonds is 3. The fourth-order valence-electron chi connectivity index (χ4n) is 5.21. The van der Waals surface area contributed by atoms with Gasteiger partial charge in [-0.1, -0.05) is 44.4 Å². The highest BCUT2D eigenvalue weighted by Gasteiger charge is 2.48. The van der Waals surface area contributed by atoms with E-state index in [0.717, 1.165) is 6.04 Å². The molecule has 1 aliphatic carbocycles. The molecule has 2 aliphatic heterocycles. The van der Waals surface area contributed by atoms with E-state index in [4.69, 9.17) is 0 Å². The molecule has 0 unspecified atom stereocenters. The summed E-state index contributed by atoms with van der Waals surface area (Å²) < 4.78 is 0. The predicted octanol–water partition coefficient (Wildman–Crippen LogP) is 4.19. The molecule has 0 spiro atoms. The lowest BCUT2D eigenvalue weighted by atomic mass is 9.69. The van der Waals surface area contributed by atoms with Crippen LogP contribution in [0, 0.1) is 0 Å². The maximum Gasteiger partial charge on any atom is 0.0408 e. The number of anilines is 1. The number of nitrogens with zero attached hydrogens (tertiary/aromatic N) is 2. The second kappa shape index (κ2) is 5.88. The summed E-state index contributed by atoms with van der Waals surface area (Å²) in [6, 6.07) is 9.98. The van der Waals surface area contributed by atoms with Crippen LogP contribution in [0.5, 0.6) is 0 Å². The van der Waals surface area contributed by atoms with Crippen LogP contribution in [0.4, 0.5) is 5.69 Å². The van der Waals surface area contributed by atoms with E-state index in [0.29, 0.717) is 5.41 Å². The highest BCUT2D eigenvalue weighted by molar-refractivity contribution is 5.64. The summed E-state index contributed by atoms with van der Waals surface area (Å²) >= 11 is 0. The van der Waals surface area contributed by atoms with Gasteiger partial charge in [0.15, 0.2) is 0 Å². The Hall–Kier alpha value is -1.02. The summed E-state index contributed by atoms with van der Waals surface area (Å²) in [4.78, 5) is 5.45. The maximum absolute atomic E-state index is 2.77. The first-order chi connectivity index (χ1) is 10.8. The van der Waals surface area contributed by atoms with E-state index in [2.05, 4.69) is 41.0 Å². The molecule has 2 fully saturated rings. The minimum Gasteiger partial charge on any atom is -0.366 e. The monoisotopic (exact) mass is 298 g/mol. The molecule has 0 bridgehead atoms. The van der Waals surface area contributed by atoms with E-state index in [9.17, 15) is 0 Å². The fourth-order valence-corrected chi connectivity index (χ4v) is 5.21. The van der Waals surface area contributed by atoms with Gasteiger partial charge >= 0.3 is 0 Å². The van der Waals surface area contributed by atoms with Crippen molar-refractivity contribution < 1.29 is 0 Å². The SMILES string of the molecule is C[C@@]12CCCC[C@@H]1N(CCN1CCCCC1)c1ccccc12. The van der Waals surface area contributed by atoms with Gasteiger partial charge in [-0.3, -0.25) is 0 Å². The van der Waals surface area contributed by atoms with Crippen LogP contribution in [0.3, 0.4) is 0 Å². The molecule has 2 heterocycles. The molecule has 0 amide bonds. The van der Waals surface area contributed by atoms with Gasteiger partial charge in [0.05, 0.1) is 0 Å². The van der Waals surface area contributed by atoms with Crippen molar-refractivity contribution in [2.75, 3.05) is 31.1 Å². The maximum atomic E-state index is 2.77. The largest absolute Gasteiger partial charge is 0.366 e. The average molecular weight is 298 g/mol. The summed E-state index contributed by atoms with van der Waals surface area (Å²) in [5.41, 5.74) is 3.56. The smallest absolute Gasteiger partial charge is 0.0408 e. The first-order valence-electron chi connectivity index (χ1n) is 9.37. The van der Waals surface area contributed by atoms with Crippen LogP contribution >= 0.6 is 0 Å². The lowest BCUT2D eigenvalue weighted by molar-refractivity contribution is 0.223. The van der Waals surface area contributed by atoms with Crippen LogP contribution in [0.25, 0.3) is 0 Å². The van der Waals surface area contributed by atoms with Crippen LogP contribution in [0.15, 0.2) is 24.3 Å². The molecule has 2 nitrogen and oxygen atoms in total. The van der Waals surface area contributed by atoms with Crippen molar-refractivity contribution in [2.24, 2.45) is 0 Å². The number of piperidine rings is 1. The van der Waals surface area contributed by atoms with Gasteiger partial charge in [-0.15, -0.1) is 0 Å². The summed E-state index contributed by atoms with van der Waals surface area (Å²) in [5.74, 6) is 0. The quantitative estimate of drug-likeness (QED) is 0.825. The van der Waals surface area contributed by atoms with Gasteiger partial charge in [-0.25, -0.2) is 0 Å². The van der Waals surface area contributed by atoms with Gasteiger partial charge in [0.25, 0.3) is 0 Å². The number of hydrogen-bond acceptors (Lipinski definition) is 2. The zero-order valence-electron chi connectivity index (χ0n) is 14.1. The molecule has 2 heteroatoms. The first-order valence-corrected chi connectivity index (χ1v) is 9.37. The summed E-state index contributed by atoms with van der Waals surface area (Å²) in [6.45, 7) is 7.63. The van der Waals surface area contributed by atoms with E-state index >= 15 is 0 Å². The molecule has 120 valence electrons. The van der Waals surface area contributed by atoms with E-state index in [-0.39, 0.29) is 0 Å². The van der Waals surface area contributed by atoms with E-state index in [1.54, 1.807) is 5.56 Å². The van der Waals surface area contributed by atoms with Crippen LogP contribution in [0.2, 0.25) is 0 Å². The Morgan fingerprint density at radius 2 is 1.82 bits per heavy atom. The van der Waals surface area contributed by atoms with Crippen molar-refractivity contribution >= 4 is 5.69 Å². The second-order valence-electron chi connectivity index (χ2n) is 7.79. The number of fused-ring (bicyclic) bond motifs is 3. The topological polar surface area (TPSA) is 6.48 Å². The molecule has 4 rings (SSSR count). The Labute approximate surface area is 135 Å². The zero-order valence-corrected chi connectivity index (χ0v) is 14.1. The highest BCUT2D eigenvalue weighted by atomic mass is 15.2. The third kappa shape index (κ3) is 2.36. The molecule has 3 aliphatic rings. The minimum absolute atomic E-state index is 0.400. The second-order valence-corrected chi connectivity index (χ2v) is 7.79. The molecule has 1 aromatic carbocycles. The molecule has 0 radical (unpaired) electrons. The number of hydrogen-bond donors (Lipinski definition) is 0. The number of likely N-dealkylation sites (tertiary alicyclic amines) is 1. The third-order valence-corrected chi connectivity index (χ3v) is 6.47. The van der Waals surface area contributed by atoms with Crippen molar-refractivity contribution in [3.63, 3.8) is 0 Å². The van der Waals surface area contributed by atoms with Crippen LogP contribution < -0.4 is 4.90 Å². The number of benzene rings is 1. The average Bonchev–Trinajstić information content (AvgIpc) is 2.83. The Morgan fingerprint density at radius 3 is 2.68 bits per heavy atom. The minimum atomic E-state index is 0.400. The number of para-hydroxylation sites is 1. The lowest BCUT2D eigenvalue weighted by Gasteiger charge is -2.41. The summed E-state index contributed by atoms with van der Waals surface area (Å²) in [6.07, 6.45) is 9.80. The molecule has 0 N–H and O–H groups in total. The molecule has 22 heavy (non-hydrogen) atoms. The molecule has 0 aromatic heterocycles. The zero-order chi connectivity index (χ0) is 15.0. The van der Waals surface area contributed by atoms with Crippen LogP contribution in [-0.2, 0) is 5.41 Å². The van der Waals surface area contributed by atoms with Crippen molar-refractivity contribution in [3.8, 4) is 0 Å². The Kier molecular flexibility index (Phi) is 3.89. The fraction of sp³-hybridized carbons (Fsp3) is 0.700. The van der Waals surface area contributed by atoms with Crippen molar-refractivity contribution in [2.45, 2.75) is 63.3 Å². The molecule has 1 aromatic rings. The predicted molar refractivity (Wildman–Crippen MR) is 93.7 cm³/mol. The van der Waals surface area contributed by atoms with E-state index < -0.39 is 0 Å².